The van der Waals surface area contributed by atoms with Crippen molar-refractivity contribution in [1.29, 1.82) is 0 Å². The number of rotatable bonds is 0. The molecule has 4 rings (SSSR count). The third kappa shape index (κ3) is 1.34. The van der Waals surface area contributed by atoms with Crippen LogP contribution in [0.2, 0.25) is 0 Å². The van der Waals surface area contributed by atoms with Gasteiger partial charge in [0, 0.05) is 12.3 Å². The lowest BCUT2D eigenvalue weighted by Gasteiger charge is -2.56. The van der Waals surface area contributed by atoms with E-state index < -0.39 is 12.1 Å². The van der Waals surface area contributed by atoms with E-state index in [2.05, 4.69) is 6.92 Å². The molecule has 0 aromatic carbocycles. The van der Waals surface area contributed by atoms with Crippen LogP contribution in [0.1, 0.15) is 46.5 Å². The molecule has 0 aromatic heterocycles. The van der Waals surface area contributed by atoms with Crippen molar-refractivity contribution in [3.05, 3.63) is 0 Å². The van der Waals surface area contributed by atoms with Gasteiger partial charge in [0.2, 0.25) is 6.29 Å². The highest BCUT2D eigenvalue weighted by atomic mass is 16.8. The van der Waals surface area contributed by atoms with Crippen molar-refractivity contribution in [2.24, 2.45) is 23.7 Å². The van der Waals surface area contributed by atoms with Gasteiger partial charge < -0.3 is 14.2 Å². The molecule has 1 spiro atoms. The molecule has 4 aliphatic rings. The highest BCUT2D eigenvalue weighted by Gasteiger charge is 2.72. The highest BCUT2D eigenvalue weighted by Crippen LogP contribution is 2.62. The standard InChI is InChI=1S/C15H22O4/c1-8-4-5-11-9(2)12(16)17-13-15(11)10(8)6-7-14(3,18-13)19-15/h8-11,13H,4-7H2,1-3H3/t8-,9-,10+,11+,13-,14-,15-/m1/s1. The van der Waals surface area contributed by atoms with E-state index in [1.807, 2.05) is 13.8 Å². The van der Waals surface area contributed by atoms with Gasteiger partial charge in [-0.3, -0.25) is 4.79 Å². The quantitative estimate of drug-likeness (QED) is 0.632. The monoisotopic (exact) mass is 266 g/mol. The predicted octanol–water partition coefficient (Wildman–Crippen LogP) is 2.46. The summed E-state index contributed by atoms with van der Waals surface area (Å²) in [5.41, 5.74) is -0.377. The summed E-state index contributed by atoms with van der Waals surface area (Å²) in [7, 11) is 0. The summed E-state index contributed by atoms with van der Waals surface area (Å²) in [6, 6.07) is 0. The van der Waals surface area contributed by atoms with Crippen LogP contribution in [0.25, 0.3) is 0 Å². The smallest absolute Gasteiger partial charge is 0.311 e. The molecular weight excluding hydrogens is 244 g/mol. The summed E-state index contributed by atoms with van der Waals surface area (Å²) in [5.74, 6) is 0.586. The Morgan fingerprint density at radius 2 is 1.95 bits per heavy atom. The summed E-state index contributed by atoms with van der Waals surface area (Å²) in [6.07, 6.45) is 3.76. The van der Waals surface area contributed by atoms with Crippen LogP contribution in [0.5, 0.6) is 0 Å². The van der Waals surface area contributed by atoms with E-state index in [-0.39, 0.29) is 23.4 Å². The first-order chi connectivity index (χ1) is 8.96. The van der Waals surface area contributed by atoms with E-state index in [4.69, 9.17) is 14.2 Å². The fraction of sp³-hybridized carbons (Fsp3) is 0.933. The zero-order valence-electron chi connectivity index (χ0n) is 11.8. The van der Waals surface area contributed by atoms with E-state index in [1.54, 1.807) is 0 Å². The number of carbonyl (C=O) groups excluding carboxylic acids is 1. The van der Waals surface area contributed by atoms with Crippen molar-refractivity contribution >= 4 is 5.97 Å². The number of hydrogen-bond acceptors (Lipinski definition) is 4. The molecule has 3 heterocycles. The third-order valence-electron chi connectivity index (χ3n) is 6.00. The first-order valence-corrected chi connectivity index (χ1v) is 7.55. The lowest BCUT2D eigenvalue weighted by atomic mass is 9.57. The van der Waals surface area contributed by atoms with Gasteiger partial charge in [0.1, 0.15) is 5.60 Å². The molecule has 19 heavy (non-hydrogen) atoms. The minimum Gasteiger partial charge on any atom is -0.432 e. The zero-order chi connectivity index (χ0) is 13.4. The van der Waals surface area contributed by atoms with Gasteiger partial charge in [0.25, 0.3) is 0 Å². The Balaban J connectivity index is 1.84. The Bertz CT molecular complexity index is 436. The predicted molar refractivity (Wildman–Crippen MR) is 67.0 cm³/mol. The van der Waals surface area contributed by atoms with Gasteiger partial charge in [-0.05, 0) is 38.0 Å². The Hall–Kier alpha value is -0.610. The fourth-order valence-electron chi connectivity index (χ4n) is 5.03. The molecule has 4 heteroatoms. The van der Waals surface area contributed by atoms with E-state index in [0.29, 0.717) is 11.8 Å². The summed E-state index contributed by atoms with van der Waals surface area (Å²) in [6.45, 7) is 6.28. The minimum absolute atomic E-state index is 0.0738. The first-order valence-electron chi connectivity index (χ1n) is 7.55. The molecule has 1 aliphatic carbocycles. The summed E-state index contributed by atoms with van der Waals surface area (Å²) >= 11 is 0. The zero-order valence-corrected chi connectivity index (χ0v) is 11.8. The highest BCUT2D eigenvalue weighted by molar-refractivity contribution is 5.74. The molecule has 0 N–H and O–H groups in total. The van der Waals surface area contributed by atoms with Crippen molar-refractivity contribution in [3.63, 3.8) is 0 Å². The number of hydrogen-bond donors (Lipinski definition) is 0. The topological polar surface area (TPSA) is 44.8 Å². The van der Waals surface area contributed by atoms with Crippen LogP contribution in [-0.2, 0) is 19.0 Å². The molecule has 106 valence electrons. The van der Waals surface area contributed by atoms with E-state index in [1.165, 1.54) is 6.42 Å². The summed E-state index contributed by atoms with van der Waals surface area (Å²) in [5, 5.41) is 0. The first kappa shape index (κ1) is 12.2. The van der Waals surface area contributed by atoms with E-state index >= 15 is 0 Å². The Morgan fingerprint density at radius 3 is 2.74 bits per heavy atom. The van der Waals surface area contributed by atoms with Gasteiger partial charge in [-0.1, -0.05) is 13.8 Å². The maximum atomic E-state index is 12.1. The van der Waals surface area contributed by atoms with Crippen molar-refractivity contribution in [2.45, 2.75) is 64.1 Å². The molecule has 7 atom stereocenters. The van der Waals surface area contributed by atoms with E-state index in [0.717, 1.165) is 19.3 Å². The molecule has 1 saturated carbocycles. The second-order valence-corrected chi connectivity index (χ2v) is 7.07. The van der Waals surface area contributed by atoms with Gasteiger partial charge in [-0.2, -0.15) is 0 Å². The molecule has 4 fully saturated rings. The molecule has 3 saturated heterocycles. The molecule has 0 aromatic rings. The van der Waals surface area contributed by atoms with Crippen molar-refractivity contribution < 1.29 is 19.0 Å². The maximum absolute atomic E-state index is 12.1. The van der Waals surface area contributed by atoms with Gasteiger partial charge in [0.15, 0.2) is 5.79 Å². The van der Waals surface area contributed by atoms with Crippen molar-refractivity contribution in [3.8, 4) is 0 Å². The number of carbonyl (C=O) groups is 1. The van der Waals surface area contributed by atoms with Gasteiger partial charge in [-0.15, -0.1) is 0 Å². The molecule has 0 unspecified atom stereocenters. The van der Waals surface area contributed by atoms with Crippen LogP contribution < -0.4 is 0 Å². The number of esters is 1. The Labute approximate surface area is 113 Å². The van der Waals surface area contributed by atoms with Crippen LogP contribution in [-0.4, -0.2) is 23.6 Å². The minimum atomic E-state index is -0.555. The molecule has 2 bridgehead atoms. The maximum Gasteiger partial charge on any atom is 0.311 e. The summed E-state index contributed by atoms with van der Waals surface area (Å²) in [4.78, 5) is 12.1. The van der Waals surface area contributed by atoms with Crippen LogP contribution >= 0.6 is 0 Å². The van der Waals surface area contributed by atoms with Crippen LogP contribution in [0.15, 0.2) is 0 Å². The van der Waals surface area contributed by atoms with Crippen molar-refractivity contribution in [2.75, 3.05) is 0 Å². The SMILES string of the molecule is C[C@@H]1CC[C@H]2[C@@H](C)C(=O)O[C@@H]3O[C@@]4(C)CC[C@@H]1[C@]32O4. The van der Waals surface area contributed by atoms with Gasteiger partial charge in [-0.25, -0.2) is 0 Å². The lowest BCUT2D eigenvalue weighted by Crippen LogP contribution is -2.65. The molecule has 0 amide bonds. The largest absolute Gasteiger partial charge is 0.432 e. The Morgan fingerprint density at radius 1 is 1.16 bits per heavy atom. The average Bonchev–Trinajstić information content (AvgIpc) is 2.56. The molecule has 3 aliphatic heterocycles. The molecule has 4 nitrogen and oxygen atoms in total. The normalized spacial score (nSPS) is 59.5. The lowest BCUT2D eigenvalue weighted by molar-refractivity contribution is -0.263. The van der Waals surface area contributed by atoms with Crippen LogP contribution in [0, 0.1) is 23.7 Å². The van der Waals surface area contributed by atoms with E-state index in [9.17, 15) is 4.79 Å². The summed E-state index contributed by atoms with van der Waals surface area (Å²) < 4.78 is 18.0. The number of fused-ring (bicyclic) bond motifs is 1. The fourth-order valence-corrected chi connectivity index (χ4v) is 5.03. The van der Waals surface area contributed by atoms with Crippen molar-refractivity contribution in [1.82, 2.24) is 0 Å². The second-order valence-electron chi connectivity index (χ2n) is 7.07. The number of ether oxygens (including phenoxy) is 3. The molecular formula is C15H22O4. The third-order valence-corrected chi connectivity index (χ3v) is 6.00. The van der Waals surface area contributed by atoms with Gasteiger partial charge >= 0.3 is 5.97 Å². The Kier molecular flexibility index (Phi) is 2.26. The second kappa shape index (κ2) is 3.53. The average molecular weight is 266 g/mol. The molecule has 0 radical (unpaired) electrons. The van der Waals surface area contributed by atoms with Gasteiger partial charge in [0.05, 0.1) is 5.92 Å². The van der Waals surface area contributed by atoms with Crippen LogP contribution in [0.3, 0.4) is 0 Å². The van der Waals surface area contributed by atoms with Crippen LogP contribution in [0.4, 0.5) is 0 Å².